The van der Waals surface area contributed by atoms with Crippen molar-refractivity contribution in [1.82, 2.24) is 19.7 Å². The zero-order valence-corrected chi connectivity index (χ0v) is 19.2. The Hall–Kier alpha value is -2.97. The third-order valence-corrected chi connectivity index (χ3v) is 5.55. The summed E-state index contributed by atoms with van der Waals surface area (Å²) in [7, 11) is 0. The van der Waals surface area contributed by atoms with E-state index in [1.54, 1.807) is 38.4 Å². The summed E-state index contributed by atoms with van der Waals surface area (Å²) in [5.74, 6) is 0.200. The Labute approximate surface area is 188 Å². The molecule has 0 spiro atoms. The van der Waals surface area contributed by atoms with Crippen LogP contribution >= 0.6 is 0 Å². The van der Waals surface area contributed by atoms with E-state index in [9.17, 15) is 4.79 Å². The second-order valence-corrected chi connectivity index (χ2v) is 8.89. The fourth-order valence-electron chi connectivity index (χ4n) is 3.75. The van der Waals surface area contributed by atoms with E-state index >= 15 is 0 Å². The molecule has 1 N–H and O–H groups in total. The summed E-state index contributed by atoms with van der Waals surface area (Å²) in [6.07, 6.45) is 3.27. The van der Waals surface area contributed by atoms with Crippen LogP contribution in [0.15, 0.2) is 42.7 Å². The van der Waals surface area contributed by atoms with Crippen molar-refractivity contribution in [3.63, 3.8) is 0 Å². The highest BCUT2D eigenvalue weighted by atomic mass is 16.5. The number of morpholine rings is 1. The van der Waals surface area contributed by atoms with E-state index in [-0.39, 0.29) is 11.9 Å². The number of nitrogens with one attached hydrogen (secondary N) is 1. The molecule has 0 atom stereocenters. The molecule has 0 saturated carbocycles. The highest BCUT2D eigenvalue weighted by molar-refractivity contribution is 5.97. The summed E-state index contributed by atoms with van der Waals surface area (Å²) in [6.45, 7) is 11.9. The number of fused-ring (bicyclic) bond motifs is 1. The Kier molecular flexibility index (Phi) is 6.43. The van der Waals surface area contributed by atoms with E-state index < -0.39 is 5.60 Å². The number of carbonyl (C=O) groups is 1. The summed E-state index contributed by atoms with van der Waals surface area (Å²) in [6, 6.07) is 10.1. The molecule has 170 valence electrons. The fourth-order valence-corrected chi connectivity index (χ4v) is 3.75. The van der Waals surface area contributed by atoms with Gasteiger partial charge >= 0.3 is 0 Å². The minimum Gasteiger partial charge on any atom is -0.460 e. The smallest absolute Gasteiger partial charge is 0.268 e. The molecule has 0 bridgehead atoms. The predicted octanol–water partition coefficient (Wildman–Crippen LogP) is 3.64. The molecule has 1 aliphatic heterocycles. The largest absolute Gasteiger partial charge is 0.460 e. The number of hydrogen-bond acceptors (Lipinski definition) is 6. The van der Waals surface area contributed by atoms with Crippen LogP contribution in [0.3, 0.4) is 0 Å². The van der Waals surface area contributed by atoms with Gasteiger partial charge in [0.05, 0.1) is 36.0 Å². The third-order valence-electron chi connectivity index (χ3n) is 5.55. The Balaban J connectivity index is 1.60. The van der Waals surface area contributed by atoms with Crippen LogP contribution in [-0.2, 0) is 16.1 Å². The average Bonchev–Trinajstić information content (AvgIpc) is 3.12. The summed E-state index contributed by atoms with van der Waals surface area (Å²) < 4.78 is 13.6. The number of carbonyl (C=O) groups excluding carboxylic acids is 1. The summed E-state index contributed by atoms with van der Waals surface area (Å²) in [5.41, 5.74) is 1.67. The number of benzene rings is 1. The van der Waals surface area contributed by atoms with Crippen LogP contribution in [0.25, 0.3) is 10.9 Å². The minimum atomic E-state index is -1.13. The molecule has 8 nitrogen and oxygen atoms in total. The molecule has 0 radical (unpaired) electrons. The molecule has 1 amide bonds. The number of pyridine rings is 1. The van der Waals surface area contributed by atoms with Gasteiger partial charge in [0.1, 0.15) is 0 Å². The van der Waals surface area contributed by atoms with Crippen molar-refractivity contribution in [1.29, 1.82) is 0 Å². The highest BCUT2D eigenvalue weighted by Crippen LogP contribution is 2.31. The van der Waals surface area contributed by atoms with Crippen molar-refractivity contribution < 1.29 is 14.3 Å². The Bertz CT molecular complexity index is 1070. The number of hydrogen-bond donors (Lipinski definition) is 1. The lowest BCUT2D eigenvalue weighted by atomic mass is 10.1. The van der Waals surface area contributed by atoms with Gasteiger partial charge in [-0.2, -0.15) is 0 Å². The van der Waals surface area contributed by atoms with Crippen LogP contribution < -0.4 is 10.1 Å². The normalized spacial score (nSPS) is 15.3. The van der Waals surface area contributed by atoms with Gasteiger partial charge in [-0.25, -0.2) is 0 Å². The summed E-state index contributed by atoms with van der Waals surface area (Å²) >= 11 is 0. The zero-order valence-electron chi connectivity index (χ0n) is 19.2. The van der Waals surface area contributed by atoms with Crippen molar-refractivity contribution in [2.45, 2.75) is 45.9 Å². The number of nitrogens with zero attached hydrogens (tertiary/aromatic N) is 4. The summed E-state index contributed by atoms with van der Waals surface area (Å²) in [4.78, 5) is 19.3. The first-order chi connectivity index (χ1) is 15.3. The fraction of sp³-hybridized carbons (Fsp3) is 0.458. The zero-order chi connectivity index (χ0) is 22.7. The van der Waals surface area contributed by atoms with Gasteiger partial charge in [-0.05, 0) is 57.5 Å². The van der Waals surface area contributed by atoms with Crippen molar-refractivity contribution in [2.75, 3.05) is 31.6 Å². The van der Waals surface area contributed by atoms with Crippen molar-refractivity contribution in [2.24, 2.45) is 0 Å². The number of amides is 1. The highest BCUT2D eigenvalue weighted by Gasteiger charge is 2.32. The van der Waals surface area contributed by atoms with E-state index in [0.29, 0.717) is 11.6 Å². The van der Waals surface area contributed by atoms with E-state index in [4.69, 9.17) is 14.6 Å². The van der Waals surface area contributed by atoms with E-state index in [1.807, 2.05) is 4.68 Å². The van der Waals surface area contributed by atoms with Crippen LogP contribution in [-0.4, -0.2) is 57.5 Å². The SMILES string of the molecule is CC(C)n1nc(OC(C)(C)C(=O)Nc2cccnc2)c2cc(CN3CCOCC3)ccc21. The second-order valence-electron chi connectivity index (χ2n) is 8.89. The first-order valence-electron chi connectivity index (χ1n) is 11.1. The number of rotatable bonds is 7. The topological polar surface area (TPSA) is 81.5 Å². The van der Waals surface area contributed by atoms with Gasteiger partial charge in [0, 0.05) is 31.9 Å². The Morgan fingerprint density at radius 2 is 2.03 bits per heavy atom. The molecule has 4 rings (SSSR count). The standard InChI is InChI=1S/C24H31N5O3/c1-17(2)29-21-8-7-18(16-28-10-12-31-13-11-28)14-20(21)22(27-29)32-24(3,4)23(30)26-19-6-5-9-25-15-19/h5-9,14-15,17H,10-13,16H2,1-4H3,(H,26,30). The van der Waals surface area contributed by atoms with Crippen LogP contribution in [0, 0.1) is 0 Å². The van der Waals surface area contributed by atoms with Gasteiger partial charge in [-0.1, -0.05) is 6.07 Å². The predicted molar refractivity (Wildman–Crippen MR) is 124 cm³/mol. The molecular weight excluding hydrogens is 406 g/mol. The van der Waals surface area contributed by atoms with Gasteiger partial charge in [-0.3, -0.25) is 19.4 Å². The van der Waals surface area contributed by atoms with E-state index in [1.165, 1.54) is 5.56 Å². The molecule has 1 aliphatic rings. The maximum atomic E-state index is 12.9. The maximum Gasteiger partial charge on any atom is 0.268 e. The Morgan fingerprint density at radius 3 is 2.72 bits per heavy atom. The first kappa shape index (κ1) is 22.2. The molecule has 0 aliphatic carbocycles. The lowest BCUT2D eigenvalue weighted by Gasteiger charge is -2.26. The molecular formula is C24H31N5O3. The van der Waals surface area contributed by atoms with Crippen LogP contribution in [0.2, 0.25) is 0 Å². The molecule has 3 heterocycles. The molecule has 32 heavy (non-hydrogen) atoms. The molecule has 8 heteroatoms. The van der Waals surface area contributed by atoms with Gasteiger partial charge in [0.15, 0.2) is 5.60 Å². The van der Waals surface area contributed by atoms with Crippen LogP contribution in [0.5, 0.6) is 5.88 Å². The van der Waals surface area contributed by atoms with E-state index in [2.05, 4.69) is 47.2 Å². The lowest BCUT2D eigenvalue weighted by Crippen LogP contribution is -2.42. The monoisotopic (exact) mass is 437 g/mol. The maximum absolute atomic E-state index is 12.9. The average molecular weight is 438 g/mol. The molecule has 3 aromatic rings. The summed E-state index contributed by atoms with van der Waals surface area (Å²) in [5, 5.41) is 8.49. The van der Waals surface area contributed by atoms with Crippen LogP contribution in [0.1, 0.15) is 39.3 Å². The molecule has 1 aromatic carbocycles. The number of aromatic nitrogens is 3. The molecule has 1 fully saturated rings. The van der Waals surface area contributed by atoms with Crippen molar-refractivity contribution in [3.05, 3.63) is 48.3 Å². The van der Waals surface area contributed by atoms with Crippen molar-refractivity contribution >= 4 is 22.5 Å². The Morgan fingerprint density at radius 1 is 1.25 bits per heavy atom. The second kappa shape index (κ2) is 9.26. The number of anilines is 1. The van der Waals surface area contributed by atoms with Crippen LogP contribution in [0.4, 0.5) is 5.69 Å². The van der Waals surface area contributed by atoms with Crippen molar-refractivity contribution in [3.8, 4) is 5.88 Å². The molecule has 2 aromatic heterocycles. The lowest BCUT2D eigenvalue weighted by molar-refractivity contribution is -0.128. The van der Waals surface area contributed by atoms with Gasteiger partial charge in [0.2, 0.25) is 5.88 Å². The van der Waals surface area contributed by atoms with Gasteiger partial charge < -0.3 is 14.8 Å². The van der Waals surface area contributed by atoms with Gasteiger partial charge in [0.25, 0.3) is 5.91 Å². The molecule has 1 saturated heterocycles. The number of ether oxygens (including phenoxy) is 2. The molecule has 0 unspecified atom stereocenters. The first-order valence-corrected chi connectivity index (χ1v) is 11.1. The third kappa shape index (κ3) is 4.92. The van der Waals surface area contributed by atoms with E-state index in [0.717, 1.165) is 43.8 Å². The minimum absolute atomic E-state index is 0.160. The quantitative estimate of drug-likeness (QED) is 0.608. The van der Waals surface area contributed by atoms with Gasteiger partial charge in [-0.15, -0.1) is 5.10 Å².